The molecule has 2 amide bonds. The Morgan fingerprint density at radius 2 is 1.35 bits per heavy atom. The van der Waals surface area contributed by atoms with E-state index >= 15 is 0 Å². The number of amides is 2. The van der Waals surface area contributed by atoms with Crippen molar-refractivity contribution in [3.63, 3.8) is 0 Å². The summed E-state index contributed by atoms with van der Waals surface area (Å²) in [5.74, 6) is 0. The van der Waals surface area contributed by atoms with Crippen LogP contribution in [-0.4, -0.2) is 23.0 Å². The number of carbonyl (C=O) groups is 1. The van der Waals surface area contributed by atoms with Crippen molar-refractivity contribution in [2.45, 2.75) is 39.3 Å². The van der Waals surface area contributed by atoms with Crippen LogP contribution in [0.5, 0.6) is 0 Å². The average molecular weight is 411 g/mol. The van der Waals surface area contributed by atoms with Crippen LogP contribution >= 0.6 is 0 Å². The smallest absolute Gasteiger partial charge is 0.318 e. The van der Waals surface area contributed by atoms with Crippen LogP contribution in [-0.2, 0) is 13.0 Å². The van der Waals surface area contributed by atoms with E-state index in [1.54, 1.807) is 0 Å². The minimum Gasteiger partial charge on any atom is -0.333 e. The Hall–Kier alpha value is -3.33. The number of nitrogens with one attached hydrogen (secondary N) is 1. The molecular weight excluding hydrogens is 380 g/mol. The lowest BCUT2D eigenvalue weighted by molar-refractivity contribution is 0.187. The third kappa shape index (κ3) is 5.05. The van der Waals surface area contributed by atoms with Gasteiger partial charge >= 0.3 is 6.03 Å². The molecule has 0 atom stereocenters. The molecule has 0 radical (unpaired) electrons. The molecule has 0 heterocycles. The molecule has 1 N–H and O–H groups in total. The number of hydrogen-bond donors (Lipinski definition) is 1. The first-order valence-electron chi connectivity index (χ1n) is 10.9. The van der Waals surface area contributed by atoms with Crippen molar-refractivity contribution in [3.05, 3.63) is 96.1 Å². The van der Waals surface area contributed by atoms with E-state index in [0.29, 0.717) is 13.1 Å². The number of fused-ring (bicyclic) bond motifs is 2. The topological polar surface area (TPSA) is 32.3 Å². The molecule has 0 aliphatic carbocycles. The minimum absolute atomic E-state index is 0.0274. The summed E-state index contributed by atoms with van der Waals surface area (Å²) in [5.41, 5.74) is 2.15. The van der Waals surface area contributed by atoms with E-state index < -0.39 is 0 Å². The molecule has 0 unspecified atom stereocenters. The minimum atomic E-state index is -0.289. The van der Waals surface area contributed by atoms with Crippen molar-refractivity contribution in [2.75, 3.05) is 6.54 Å². The maximum absolute atomic E-state index is 13.3. The summed E-state index contributed by atoms with van der Waals surface area (Å²) in [6.45, 7) is 7.29. The van der Waals surface area contributed by atoms with Crippen molar-refractivity contribution < 1.29 is 4.79 Å². The highest BCUT2D eigenvalue weighted by Crippen LogP contribution is 2.29. The highest BCUT2D eigenvalue weighted by Gasteiger charge is 2.21. The van der Waals surface area contributed by atoms with Crippen LogP contribution in [0.25, 0.3) is 21.5 Å². The summed E-state index contributed by atoms with van der Waals surface area (Å²) < 4.78 is 0. The van der Waals surface area contributed by atoms with E-state index in [0.717, 1.165) is 6.42 Å². The normalized spacial score (nSPS) is 11.6. The van der Waals surface area contributed by atoms with Gasteiger partial charge in [0.1, 0.15) is 0 Å². The van der Waals surface area contributed by atoms with Gasteiger partial charge in [-0.2, -0.15) is 0 Å². The van der Waals surface area contributed by atoms with Gasteiger partial charge < -0.3 is 10.2 Å². The molecule has 3 heteroatoms. The highest BCUT2D eigenvalue weighted by molar-refractivity contribution is 6.02. The Labute approximate surface area is 184 Å². The van der Waals surface area contributed by atoms with Gasteiger partial charge in [-0.25, -0.2) is 4.79 Å². The standard InChI is InChI=1S/C28H30N2O/c1-28(2,3)29-27(31)30(18-17-21-11-5-4-6-12-21)20-26-24-15-9-7-13-22(24)19-23-14-8-10-16-25(23)26/h4-16,19H,17-18,20H2,1-3H3,(H,29,31). The Morgan fingerprint density at radius 3 is 1.94 bits per heavy atom. The Balaban J connectivity index is 1.73. The maximum atomic E-state index is 13.3. The molecule has 0 saturated carbocycles. The van der Waals surface area contributed by atoms with Crippen LogP contribution in [0.4, 0.5) is 4.79 Å². The number of nitrogens with zero attached hydrogens (tertiary/aromatic N) is 1. The summed E-state index contributed by atoms with van der Waals surface area (Å²) >= 11 is 0. The summed E-state index contributed by atoms with van der Waals surface area (Å²) in [6.07, 6.45) is 0.821. The number of benzene rings is 4. The van der Waals surface area contributed by atoms with Crippen LogP contribution in [0.2, 0.25) is 0 Å². The molecule has 0 aromatic heterocycles. The summed E-state index contributed by atoms with van der Waals surface area (Å²) in [4.78, 5) is 15.2. The van der Waals surface area contributed by atoms with E-state index in [1.807, 2.05) is 43.9 Å². The van der Waals surface area contributed by atoms with Crippen LogP contribution in [0.15, 0.2) is 84.9 Å². The first-order valence-corrected chi connectivity index (χ1v) is 10.9. The fourth-order valence-electron chi connectivity index (χ4n) is 4.03. The molecule has 4 aromatic carbocycles. The fourth-order valence-corrected chi connectivity index (χ4v) is 4.03. The molecule has 4 aromatic rings. The molecule has 0 saturated heterocycles. The second-order valence-electron chi connectivity index (χ2n) is 9.13. The number of urea groups is 1. The van der Waals surface area contributed by atoms with Gasteiger partial charge in [0.05, 0.1) is 0 Å². The Bertz CT molecular complexity index is 1140. The van der Waals surface area contributed by atoms with Gasteiger partial charge in [0.2, 0.25) is 0 Å². The monoisotopic (exact) mass is 410 g/mol. The SMILES string of the molecule is CC(C)(C)NC(=O)N(CCc1ccccc1)Cc1c2ccccc2cc2ccccc12. The van der Waals surface area contributed by atoms with Crippen molar-refractivity contribution in [3.8, 4) is 0 Å². The predicted octanol–water partition coefficient (Wildman–Crippen LogP) is 6.55. The third-order valence-electron chi connectivity index (χ3n) is 5.51. The van der Waals surface area contributed by atoms with Crippen molar-refractivity contribution in [2.24, 2.45) is 0 Å². The second-order valence-corrected chi connectivity index (χ2v) is 9.13. The lowest BCUT2D eigenvalue weighted by Gasteiger charge is -2.29. The number of rotatable bonds is 5. The van der Waals surface area contributed by atoms with Crippen LogP contribution in [0.1, 0.15) is 31.9 Å². The molecule has 0 bridgehead atoms. The van der Waals surface area contributed by atoms with E-state index in [4.69, 9.17) is 0 Å². The van der Waals surface area contributed by atoms with Crippen LogP contribution in [0.3, 0.4) is 0 Å². The molecule has 158 valence electrons. The summed E-state index contributed by atoms with van der Waals surface area (Å²) in [5, 5.41) is 7.97. The number of carbonyl (C=O) groups excluding carboxylic acids is 1. The van der Waals surface area contributed by atoms with Gasteiger partial charge in [-0.05, 0) is 65.9 Å². The van der Waals surface area contributed by atoms with Crippen LogP contribution in [0, 0.1) is 0 Å². The quantitative estimate of drug-likeness (QED) is 0.372. The highest BCUT2D eigenvalue weighted by atomic mass is 16.2. The predicted molar refractivity (Wildman–Crippen MR) is 130 cm³/mol. The zero-order valence-electron chi connectivity index (χ0n) is 18.6. The van der Waals surface area contributed by atoms with Gasteiger partial charge in [-0.15, -0.1) is 0 Å². The van der Waals surface area contributed by atoms with Crippen molar-refractivity contribution in [1.29, 1.82) is 0 Å². The van der Waals surface area contributed by atoms with Gasteiger partial charge in [0.15, 0.2) is 0 Å². The zero-order valence-corrected chi connectivity index (χ0v) is 18.6. The third-order valence-corrected chi connectivity index (χ3v) is 5.51. The Morgan fingerprint density at radius 1 is 0.806 bits per heavy atom. The van der Waals surface area contributed by atoms with Gasteiger partial charge in [0.25, 0.3) is 0 Å². The molecule has 0 fully saturated rings. The number of hydrogen-bond acceptors (Lipinski definition) is 1. The van der Waals surface area contributed by atoms with Gasteiger partial charge in [-0.1, -0.05) is 78.9 Å². The molecule has 0 spiro atoms. The average Bonchev–Trinajstić information content (AvgIpc) is 2.75. The largest absolute Gasteiger partial charge is 0.333 e. The van der Waals surface area contributed by atoms with Crippen LogP contribution < -0.4 is 5.32 Å². The lowest BCUT2D eigenvalue weighted by atomic mass is 9.96. The first kappa shape index (κ1) is 20.9. The first-order chi connectivity index (χ1) is 14.9. The summed E-state index contributed by atoms with van der Waals surface area (Å²) in [7, 11) is 0. The Kier molecular flexibility index (Phi) is 5.94. The van der Waals surface area contributed by atoms with Crippen molar-refractivity contribution >= 4 is 27.6 Å². The summed E-state index contributed by atoms with van der Waals surface area (Å²) in [6, 6.07) is 29.5. The zero-order chi connectivity index (χ0) is 21.8. The van der Waals surface area contributed by atoms with Gasteiger partial charge in [0, 0.05) is 18.6 Å². The van der Waals surface area contributed by atoms with E-state index in [-0.39, 0.29) is 11.6 Å². The molecule has 0 aliphatic heterocycles. The van der Waals surface area contributed by atoms with E-state index in [2.05, 4.69) is 72.0 Å². The van der Waals surface area contributed by atoms with E-state index in [9.17, 15) is 4.79 Å². The van der Waals surface area contributed by atoms with Gasteiger partial charge in [-0.3, -0.25) is 0 Å². The van der Waals surface area contributed by atoms with Crippen molar-refractivity contribution in [1.82, 2.24) is 10.2 Å². The molecule has 3 nitrogen and oxygen atoms in total. The molecule has 0 aliphatic rings. The molecule has 4 rings (SSSR count). The van der Waals surface area contributed by atoms with E-state index in [1.165, 1.54) is 32.7 Å². The maximum Gasteiger partial charge on any atom is 0.318 e. The molecule has 31 heavy (non-hydrogen) atoms. The second kappa shape index (κ2) is 8.81. The molecular formula is C28H30N2O. The fraction of sp³-hybridized carbons (Fsp3) is 0.250. The lowest BCUT2D eigenvalue weighted by Crippen LogP contribution is -2.48.